The molecule has 1 saturated carbocycles. The van der Waals surface area contributed by atoms with Gasteiger partial charge in [0.2, 0.25) is 5.91 Å². The van der Waals surface area contributed by atoms with Gasteiger partial charge in [0, 0.05) is 70.3 Å². The third-order valence-corrected chi connectivity index (χ3v) is 6.99. The number of rotatable bonds is 3. The van der Waals surface area contributed by atoms with E-state index in [4.69, 9.17) is 9.47 Å². The van der Waals surface area contributed by atoms with Gasteiger partial charge in [-0.25, -0.2) is 0 Å². The molecular formula is C20H35N5O3. The van der Waals surface area contributed by atoms with Gasteiger partial charge in [-0.05, 0) is 6.42 Å². The van der Waals surface area contributed by atoms with Gasteiger partial charge in [0.1, 0.15) is 0 Å². The van der Waals surface area contributed by atoms with Crippen molar-refractivity contribution >= 4 is 11.9 Å². The first kappa shape index (κ1) is 19.9. The molecule has 4 rings (SSSR count). The second-order valence-corrected chi connectivity index (χ2v) is 8.99. The van der Waals surface area contributed by atoms with Crippen molar-refractivity contribution in [3.63, 3.8) is 0 Å². The van der Waals surface area contributed by atoms with Crippen molar-refractivity contribution in [3.8, 4) is 0 Å². The van der Waals surface area contributed by atoms with Crippen molar-refractivity contribution in [1.82, 2.24) is 20.0 Å². The van der Waals surface area contributed by atoms with Crippen LogP contribution in [0.2, 0.25) is 0 Å². The van der Waals surface area contributed by atoms with E-state index in [2.05, 4.69) is 34.0 Å². The van der Waals surface area contributed by atoms with Crippen molar-refractivity contribution in [2.24, 2.45) is 16.3 Å². The third-order valence-electron chi connectivity index (χ3n) is 6.99. The second kappa shape index (κ2) is 8.16. The largest absolute Gasteiger partial charge is 0.378 e. The maximum atomic E-state index is 12.5. The fourth-order valence-corrected chi connectivity index (χ4v) is 5.28. The first-order valence-electron chi connectivity index (χ1n) is 10.7. The maximum Gasteiger partial charge on any atom is 0.236 e. The lowest BCUT2D eigenvalue weighted by atomic mass is 9.57. The number of fused-ring (bicyclic) bond motifs is 1. The maximum absolute atomic E-state index is 12.5. The molecule has 0 spiro atoms. The van der Waals surface area contributed by atoms with Crippen LogP contribution in [0.4, 0.5) is 0 Å². The molecule has 3 heterocycles. The molecule has 4 fully saturated rings. The highest BCUT2D eigenvalue weighted by Crippen LogP contribution is 2.52. The zero-order valence-corrected chi connectivity index (χ0v) is 17.5. The molecule has 1 amide bonds. The molecule has 3 atom stereocenters. The van der Waals surface area contributed by atoms with Gasteiger partial charge in [-0.2, -0.15) is 0 Å². The molecule has 8 heteroatoms. The van der Waals surface area contributed by atoms with E-state index in [0.29, 0.717) is 37.8 Å². The molecule has 1 aliphatic carbocycles. The van der Waals surface area contributed by atoms with E-state index in [-0.39, 0.29) is 11.3 Å². The Kier molecular flexibility index (Phi) is 5.81. The number of hydrogen-bond donors (Lipinski definition) is 1. The fourth-order valence-electron chi connectivity index (χ4n) is 5.28. The summed E-state index contributed by atoms with van der Waals surface area (Å²) >= 11 is 0. The summed E-state index contributed by atoms with van der Waals surface area (Å²) in [7, 11) is 1.87. The standard InChI is InChI=1S/C20H35N5O3/c1-20(2)17(15-4-11-28-18(15)20)22-19(21-3)25-7-5-23(6-8-25)14-16(26)24-9-12-27-13-10-24/h15,17-18H,4-14H2,1-3H3,(H,21,22). The monoisotopic (exact) mass is 393 g/mol. The van der Waals surface area contributed by atoms with Gasteiger partial charge < -0.3 is 24.6 Å². The van der Waals surface area contributed by atoms with Gasteiger partial charge in [-0.15, -0.1) is 0 Å². The number of nitrogens with zero attached hydrogens (tertiary/aromatic N) is 4. The van der Waals surface area contributed by atoms with E-state index >= 15 is 0 Å². The Morgan fingerprint density at radius 3 is 2.46 bits per heavy atom. The molecule has 8 nitrogen and oxygen atoms in total. The van der Waals surface area contributed by atoms with Gasteiger partial charge in [0.15, 0.2) is 5.96 Å². The number of amides is 1. The summed E-state index contributed by atoms with van der Waals surface area (Å²) in [6, 6.07) is 0.416. The van der Waals surface area contributed by atoms with Crippen molar-refractivity contribution < 1.29 is 14.3 Å². The van der Waals surface area contributed by atoms with Crippen LogP contribution < -0.4 is 5.32 Å². The minimum Gasteiger partial charge on any atom is -0.378 e. The van der Waals surface area contributed by atoms with Gasteiger partial charge in [-0.3, -0.25) is 14.7 Å². The van der Waals surface area contributed by atoms with Crippen molar-refractivity contribution in [2.75, 3.05) is 72.7 Å². The van der Waals surface area contributed by atoms with E-state index in [1.165, 1.54) is 0 Å². The Hall–Kier alpha value is -1.38. The SMILES string of the molecule is CN=C(NC1C2CCOC2C1(C)C)N1CCN(CC(=O)N2CCOCC2)CC1. The van der Waals surface area contributed by atoms with Crippen LogP contribution in [0.5, 0.6) is 0 Å². The predicted octanol–water partition coefficient (Wildman–Crippen LogP) is -0.148. The molecule has 4 aliphatic rings. The van der Waals surface area contributed by atoms with E-state index in [0.717, 1.165) is 58.3 Å². The summed E-state index contributed by atoms with van der Waals surface area (Å²) in [5.74, 6) is 1.81. The average molecular weight is 394 g/mol. The Morgan fingerprint density at radius 2 is 1.79 bits per heavy atom. The van der Waals surface area contributed by atoms with Crippen LogP contribution >= 0.6 is 0 Å². The van der Waals surface area contributed by atoms with Crippen LogP contribution in [0.3, 0.4) is 0 Å². The Labute approximate surface area is 168 Å². The molecule has 28 heavy (non-hydrogen) atoms. The van der Waals surface area contributed by atoms with Crippen LogP contribution in [0.1, 0.15) is 20.3 Å². The lowest BCUT2D eigenvalue weighted by molar-refractivity contribution is -0.136. The Balaban J connectivity index is 1.26. The number of hydrogen-bond acceptors (Lipinski definition) is 5. The molecule has 0 bridgehead atoms. The highest BCUT2D eigenvalue weighted by molar-refractivity contribution is 5.81. The van der Waals surface area contributed by atoms with Crippen LogP contribution in [0.15, 0.2) is 4.99 Å². The normalized spacial score (nSPS) is 33.4. The topological polar surface area (TPSA) is 69.6 Å². The number of carbonyl (C=O) groups excluding carboxylic acids is 1. The van der Waals surface area contributed by atoms with Crippen LogP contribution in [-0.2, 0) is 14.3 Å². The summed E-state index contributed by atoms with van der Waals surface area (Å²) in [6.45, 7) is 12.3. The highest BCUT2D eigenvalue weighted by Gasteiger charge is 2.59. The predicted molar refractivity (Wildman–Crippen MR) is 107 cm³/mol. The molecule has 1 N–H and O–H groups in total. The first-order chi connectivity index (χ1) is 13.5. The number of aliphatic imine (C=N–C) groups is 1. The van der Waals surface area contributed by atoms with E-state index in [1.807, 2.05) is 11.9 Å². The van der Waals surface area contributed by atoms with Gasteiger partial charge >= 0.3 is 0 Å². The molecule has 0 aromatic carbocycles. The number of morpholine rings is 1. The van der Waals surface area contributed by atoms with Crippen LogP contribution in [-0.4, -0.2) is 111 Å². The zero-order chi connectivity index (χ0) is 19.7. The number of guanidine groups is 1. The number of ether oxygens (including phenoxy) is 2. The zero-order valence-electron chi connectivity index (χ0n) is 17.5. The lowest BCUT2D eigenvalue weighted by Gasteiger charge is -2.55. The Morgan fingerprint density at radius 1 is 1.07 bits per heavy atom. The summed E-state index contributed by atoms with van der Waals surface area (Å²) in [5.41, 5.74) is 0.142. The van der Waals surface area contributed by atoms with E-state index in [1.54, 1.807) is 0 Å². The van der Waals surface area contributed by atoms with E-state index < -0.39 is 0 Å². The third kappa shape index (κ3) is 3.74. The average Bonchev–Trinajstić information content (AvgIpc) is 3.17. The summed E-state index contributed by atoms with van der Waals surface area (Å²) < 4.78 is 11.3. The van der Waals surface area contributed by atoms with Crippen molar-refractivity contribution in [3.05, 3.63) is 0 Å². The summed E-state index contributed by atoms with van der Waals surface area (Å²) in [6.07, 6.45) is 1.52. The quantitative estimate of drug-likeness (QED) is 0.531. The van der Waals surface area contributed by atoms with Crippen LogP contribution in [0.25, 0.3) is 0 Å². The molecular weight excluding hydrogens is 358 g/mol. The number of carbonyl (C=O) groups is 1. The molecule has 3 saturated heterocycles. The molecule has 0 aromatic rings. The summed E-state index contributed by atoms with van der Waals surface area (Å²) in [5, 5.41) is 3.73. The summed E-state index contributed by atoms with van der Waals surface area (Å²) in [4.78, 5) is 23.5. The smallest absolute Gasteiger partial charge is 0.236 e. The fraction of sp³-hybridized carbons (Fsp3) is 0.900. The second-order valence-electron chi connectivity index (χ2n) is 8.99. The number of nitrogens with one attached hydrogen (secondary N) is 1. The molecule has 3 aliphatic heterocycles. The minimum absolute atomic E-state index is 0.142. The Bertz CT molecular complexity index is 597. The van der Waals surface area contributed by atoms with Crippen molar-refractivity contribution in [1.29, 1.82) is 0 Å². The molecule has 0 radical (unpaired) electrons. The van der Waals surface area contributed by atoms with E-state index in [9.17, 15) is 4.79 Å². The highest BCUT2D eigenvalue weighted by atomic mass is 16.5. The molecule has 0 aromatic heterocycles. The first-order valence-corrected chi connectivity index (χ1v) is 10.7. The molecule has 3 unspecified atom stereocenters. The number of piperazine rings is 1. The van der Waals surface area contributed by atoms with Gasteiger partial charge in [0.05, 0.1) is 25.9 Å². The molecule has 158 valence electrons. The van der Waals surface area contributed by atoms with Gasteiger partial charge in [-0.1, -0.05) is 13.8 Å². The van der Waals surface area contributed by atoms with Crippen LogP contribution in [0, 0.1) is 11.3 Å². The minimum atomic E-state index is 0.142. The lowest BCUT2D eigenvalue weighted by Crippen LogP contribution is -2.68. The van der Waals surface area contributed by atoms with Gasteiger partial charge in [0.25, 0.3) is 0 Å². The van der Waals surface area contributed by atoms with Crippen molar-refractivity contribution in [2.45, 2.75) is 32.4 Å².